The minimum absolute atomic E-state index is 0.666. The number of allylic oxidation sites excluding steroid dienone is 2. The Balaban J connectivity index is 2.99. The SMILES string of the molecule is CCC=CCCC(C)Br. The van der Waals surface area contributed by atoms with Crippen LogP contribution in [0, 0.1) is 0 Å². The summed E-state index contributed by atoms with van der Waals surface area (Å²) in [5.74, 6) is 0. The van der Waals surface area contributed by atoms with Crippen LogP contribution in [0.2, 0.25) is 0 Å². The fourth-order valence-electron chi connectivity index (χ4n) is 0.610. The van der Waals surface area contributed by atoms with E-state index in [1.165, 1.54) is 12.8 Å². The molecule has 0 saturated heterocycles. The van der Waals surface area contributed by atoms with Gasteiger partial charge in [-0.1, -0.05) is 41.9 Å². The lowest BCUT2D eigenvalue weighted by molar-refractivity contribution is 0.841. The highest BCUT2D eigenvalue weighted by atomic mass is 79.9. The van der Waals surface area contributed by atoms with E-state index in [-0.39, 0.29) is 0 Å². The van der Waals surface area contributed by atoms with Crippen molar-refractivity contribution < 1.29 is 0 Å². The van der Waals surface area contributed by atoms with Crippen LogP contribution in [-0.4, -0.2) is 4.83 Å². The molecule has 0 heterocycles. The van der Waals surface area contributed by atoms with Gasteiger partial charge in [-0.05, 0) is 19.3 Å². The van der Waals surface area contributed by atoms with Crippen molar-refractivity contribution >= 4 is 15.9 Å². The van der Waals surface area contributed by atoms with E-state index in [0.717, 1.165) is 6.42 Å². The smallest absolute Gasteiger partial charge is 0.0120 e. The molecule has 0 aliphatic heterocycles. The van der Waals surface area contributed by atoms with Gasteiger partial charge in [0.1, 0.15) is 0 Å². The van der Waals surface area contributed by atoms with Gasteiger partial charge in [-0.3, -0.25) is 0 Å². The molecule has 1 heteroatoms. The van der Waals surface area contributed by atoms with Crippen molar-refractivity contribution in [2.75, 3.05) is 0 Å². The van der Waals surface area contributed by atoms with Crippen molar-refractivity contribution in [1.29, 1.82) is 0 Å². The lowest BCUT2D eigenvalue weighted by Crippen LogP contribution is -1.86. The summed E-state index contributed by atoms with van der Waals surface area (Å²) in [5.41, 5.74) is 0. The first-order chi connectivity index (χ1) is 4.27. The first-order valence-electron chi connectivity index (χ1n) is 3.56. The lowest BCUT2D eigenvalue weighted by atomic mass is 10.2. The summed E-state index contributed by atoms with van der Waals surface area (Å²) < 4.78 is 0. The van der Waals surface area contributed by atoms with Gasteiger partial charge in [-0.15, -0.1) is 0 Å². The van der Waals surface area contributed by atoms with Gasteiger partial charge in [0, 0.05) is 4.83 Å². The standard InChI is InChI=1S/C8H15Br/c1-3-4-5-6-7-8(2)9/h4-5,8H,3,6-7H2,1-2H3. The molecule has 0 aliphatic carbocycles. The van der Waals surface area contributed by atoms with Gasteiger partial charge in [0.25, 0.3) is 0 Å². The Kier molecular flexibility index (Phi) is 6.50. The molecule has 0 spiro atoms. The van der Waals surface area contributed by atoms with Crippen LogP contribution in [-0.2, 0) is 0 Å². The molecule has 0 bridgehead atoms. The van der Waals surface area contributed by atoms with Crippen LogP contribution in [0.25, 0.3) is 0 Å². The highest BCUT2D eigenvalue weighted by Crippen LogP contribution is 2.06. The van der Waals surface area contributed by atoms with Crippen LogP contribution in [0.1, 0.15) is 33.1 Å². The van der Waals surface area contributed by atoms with Gasteiger partial charge in [-0.25, -0.2) is 0 Å². The Bertz CT molecular complexity index is 74.6. The van der Waals surface area contributed by atoms with Crippen molar-refractivity contribution in [3.8, 4) is 0 Å². The molecule has 0 aromatic carbocycles. The second-order valence-corrected chi connectivity index (χ2v) is 3.80. The van der Waals surface area contributed by atoms with E-state index < -0.39 is 0 Å². The van der Waals surface area contributed by atoms with E-state index in [1.807, 2.05) is 0 Å². The van der Waals surface area contributed by atoms with Crippen LogP contribution in [0.15, 0.2) is 12.2 Å². The number of rotatable bonds is 4. The topological polar surface area (TPSA) is 0 Å². The molecule has 0 fully saturated rings. The molecule has 0 aliphatic rings. The van der Waals surface area contributed by atoms with Crippen LogP contribution in [0.3, 0.4) is 0 Å². The zero-order valence-electron chi connectivity index (χ0n) is 6.23. The highest BCUT2D eigenvalue weighted by Gasteiger charge is 1.90. The molecule has 0 radical (unpaired) electrons. The minimum atomic E-state index is 0.666. The highest BCUT2D eigenvalue weighted by molar-refractivity contribution is 9.09. The molecule has 0 saturated carbocycles. The molecule has 0 amide bonds. The molecule has 9 heavy (non-hydrogen) atoms. The third-order valence-electron chi connectivity index (χ3n) is 1.13. The van der Waals surface area contributed by atoms with E-state index in [1.54, 1.807) is 0 Å². The zero-order valence-corrected chi connectivity index (χ0v) is 7.82. The van der Waals surface area contributed by atoms with Crippen LogP contribution >= 0.6 is 15.9 Å². The van der Waals surface area contributed by atoms with Crippen molar-refractivity contribution in [3.05, 3.63) is 12.2 Å². The average Bonchev–Trinajstić information content (AvgIpc) is 1.80. The third-order valence-corrected chi connectivity index (χ3v) is 1.59. The molecule has 0 rings (SSSR count). The van der Waals surface area contributed by atoms with Crippen LogP contribution in [0.4, 0.5) is 0 Å². The summed E-state index contributed by atoms with van der Waals surface area (Å²) in [5, 5.41) is 0. The summed E-state index contributed by atoms with van der Waals surface area (Å²) >= 11 is 3.49. The summed E-state index contributed by atoms with van der Waals surface area (Å²) in [7, 11) is 0. The quantitative estimate of drug-likeness (QED) is 0.471. The summed E-state index contributed by atoms with van der Waals surface area (Å²) in [6.45, 7) is 4.34. The van der Waals surface area contributed by atoms with E-state index >= 15 is 0 Å². The zero-order chi connectivity index (χ0) is 7.11. The average molecular weight is 191 g/mol. The van der Waals surface area contributed by atoms with Gasteiger partial charge in [-0.2, -0.15) is 0 Å². The number of hydrogen-bond acceptors (Lipinski definition) is 0. The second-order valence-electron chi connectivity index (χ2n) is 2.24. The van der Waals surface area contributed by atoms with Crippen LogP contribution in [0.5, 0.6) is 0 Å². The Labute approximate surface area is 66.5 Å². The molecule has 0 aromatic heterocycles. The lowest BCUT2D eigenvalue weighted by Gasteiger charge is -1.96. The Morgan fingerprint density at radius 3 is 2.56 bits per heavy atom. The van der Waals surface area contributed by atoms with Crippen molar-refractivity contribution in [1.82, 2.24) is 0 Å². The Morgan fingerprint density at radius 1 is 1.44 bits per heavy atom. The monoisotopic (exact) mass is 190 g/mol. The Hall–Kier alpha value is 0.220. The molecule has 0 N–H and O–H groups in total. The van der Waals surface area contributed by atoms with E-state index in [0.29, 0.717) is 4.83 Å². The number of alkyl halides is 1. The minimum Gasteiger partial charge on any atom is -0.0894 e. The first kappa shape index (κ1) is 9.22. The molecular formula is C8H15Br. The molecule has 1 unspecified atom stereocenters. The number of halogens is 1. The molecular weight excluding hydrogens is 176 g/mol. The maximum Gasteiger partial charge on any atom is 0.0120 e. The largest absolute Gasteiger partial charge is 0.0894 e. The maximum atomic E-state index is 3.49. The van der Waals surface area contributed by atoms with E-state index in [2.05, 4.69) is 41.9 Å². The van der Waals surface area contributed by atoms with Gasteiger partial charge in [0.05, 0.1) is 0 Å². The second kappa shape index (κ2) is 6.34. The van der Waals surface area contributed by atoms with Crippen molar-refractivity contribution in [3.63, 3.8) is 0 Å². The molecule has 0 aromatic rings. The van der Waals surface area contributed by atoms with Gasteiger partial charge >= 0.3 is 0 Å². The normalized spacial score (nSPS) is 14.6. The van der Waals surface area contributed by atoms with Gasteiger partial charge < -0.3 is 0 Å². The predicted octanol–water partition coefficient (Wildman–Crippen LogP) is 3.52. The summed E-state index contributed by atoms with van der Waals surface area (Å²) in [4.78, 5) is 0.666. The molecule has 54 valence electrons. The fourth-order valence-corrected chi connectivity index (χ4v) is 0.875. The van der Waals surface area contributed by atoms with Crippen LogP contribution < -0.4 is 0 Å². The molecule has 0 nitrogen and oxygen atoms in total. The van der Waals surface area contributed by atoms with Crippen molar-refractivity contribution in [2.24, 2.45) is 0 Å². The summed E-state index contributed by atoms with van der Waals surface area (Å²) in [6, 6.07) is 0. The van der Waals surface area contributed by atoms with E-state index in [4.69, 9.17) is 0 Å². The van der Waals surface area contributed by atoms with Crippen molar-refractivity contribution in [2.45, 2.75) is 37.9 Å². The number of hydrogen-bond donors (Lipinski definition) is 0. The maximum absolute atomic E-state index is 3.49. The first-order valence-corrected chi connectivity index (χ1v) is 4.48. The predicted molar refractivity (Wildman–Crippen MR) is 47.1 cm³/mol. The van der Waals surface area contributed by atoms with Gasteiger partial charge in [0.15, 0.2) is 0 Å². The fraction of sp³-hybridized carbons (Fsp3) is 0.750. The van der Waals surface area contributed by atoms with E-state index in [9.17, 15) is 0 Å². The third kappa shape index (κ3) is 8.22. The molecule has 1 atom stereocenters. The Morgan fingerprint density at radius 2 is 2.11 bits per heavy atom. The summed E-state index contributed by atoms with van der Waals surface area (Å²) in [6.07, 6.45) is 8.08. The van der Waals surface area contributed by atoms with Gasteiger partial charge in [0.2, 0.25) is 0 Å².